The molecule has 0 fully saturated rings. The van der Waals surface area contributed by atoms with Crippen molar-refractivity contribution in [2.45, 2.75) is 47.1 Å². The van der Waals surface area contributed by atoms with E-state index >= 15 is 0 Å². The lowest BCUT2D eigenvalue weighted by atomic mass is 10.4. The Morgan fingerprint density at radius 3 is 1.60 bits per heavy atom. The Morgan fingerprint density at radius 2 is 1.30 bits per heavy atom. The molecule has 0 aromatic rings. The molecule has 0 radical (unpaired) electrons. The predicted octanol–water partition coefficient (Wildman–Crippen LogP) is 1.82. The zero-order chi connectivity index (χ0) is 15.6. The first-order valence-electron chi connectivity index (χ1n) is 7.12. The van der Waals surface area contributed by atoms with Crippen LogP contribution in [0.15, 0.2) is 0 Å². The SMILES string of the molecule is CCO[Si](CCCN(C(C)=O)C(C)=O)(OCC)OCC. The molecule has 6 nitrogen and oxygen atoms in total. The molecule has 0 unspecified atom stereocenters. The Morgan fingerprint density at radius 1 is 0.900 bits per heavy atom. The van der Waals surface area contributed by atoms with Crippen molar-refractivity contribution in [1.29, 1.82) is 0 Å². The van der Waals surface area contributed by atoms with Gasteiger partial charge < -0.3 is 13.3 Å². The van der Waals surface area contributed by atoms with Gasteiger partial charge in [-0.15, -0.1) is 0 Å². The molecule has 0 aromatic carbocycles. The molecule has 0 saturated heterocycles. The maximum atomic E-state index is 11.3. The average molecular weight is 305 g/mol. The van der Waals surface area contributed by atoms with E-state index < -0.39 is 8.80 Å². The molecule has 0 aromatic heterocycles. The van der Waals surface area contributed by atoms with Gasteiger partial charge in [-0.1, -0.05) is 0 Å². The van der Waals surface area contributed by atoms with Gasteiger partial charge in [0.15, 0.2) is 0 Å². The highest BCUT2D eigenvalue weighted by atomic mass is 28.4. The van der Waals surface area contributed by atoms with Crippen LogP contribution in [0.5, 0.6) is 0 Å². The van der Waals surface area contributed by atoms with Crippen LogP contribution in [0.1, 0.15) is 41.0 Å². The van der Waals surface area contributed by atoms with Crippen LogP contribution >= 0.6 is 0 Å². The molecule has 7 heteroatoms. The smallest absolute Gasteiger partial charge is 0.374 e. The minimum absolute atomic E-state index is 0.242. The van der Waals surface area contributed by atoms with E-state index in [9.17, 15) is 9.59 Å². The van der Waals surface area contributed by atoms with Crippen LogP contribution in [0.25, 0.3) is 0 Å². The average Bonchev–Trinajstić information content (AvgIpc) is 2.34. The Kier molecular flexibility index (Phi) is 9.65. The maximum absolute atomic E-state index is 11.3. The second kappa shape index (κ2) is 10.0. The van der Waals surface area contributed by atoms with E-state index in [0.29, 0.717) is 38.8 Å². The van der Waals surface area contributed by atoms with Gasteiger partial charge in [0.05, 0.1) is 0 Å². The lowest BCUT2D eigenvalue weighted by Crippen LogP contribution is -2.46. The number of nitrogens with zero attached hydrogens (tertiary/aromatic N) is 1. The fourth-order valence-electron chi connectivity index (χ4n) is 1.99. The third-order valence-corrected chi connectivity index (χ3v) is 5.87. The van der Waals surface area contributed by atoms with E-state index in [4.69, 9.17) is 13.3 Å². The monoisotopic (exact) mass is 305 g/mol. The molecule has 118 valence electrons. The molecule has 0 bridgehead atoms. The highest BCUT2D eigenvalue weighted by Crippen LogP contribution is 2.18. The van der Waals surface area contributed by atoms with E-state index in [0.717, 1.165) is 0 Å². The lowest BCUT2D eigenvalue weighted by molar-refractivity contribution is -0.142. The summed E-state index contributed by atoms with van der Waals surface area (Å²) in [5.41, 5.74) is 0. The molecule has 0 saturated carbocycles. The van der Waals surface area contributed by atoms with Crippen molar-refractivity contribution in [2.75, 3.05) is 26.4 Å². The van der Waals surface area contributed by atoms with Crippen LogP contribution in [0.4, 0.5) is 0 Å². The summed E-state index contributed by atoms with van der Waals surface area (Å²) < 4.78 is 17.2. The van der Waals surface area contributed by atoms with E-state index in [2.05, 4.69) is 0 Å². The van der Waals surface area contributed by atoms with Crippen LogP contribution in [0, 0.1) is 0 Å². The summed E-state index contributed by atoms with van der Waals surface area (Å²) in [7, 11) is -2.68. The second-order valence-corrected chi connectivity index (χ2v) is 7.01. The topological polar surface area (TPSA) is 65.1 Å². The number of hydrogen-bond acceptors (Lipinski definition) is 5. The molecule has 20 heavy (non-hydrogen) atoms. The summed E-state index contributed by atoms with van der Waals surface area (Å²) >= 11 is 0. The van der Waals surface area contributed by atoms with E-state index in [-0.39, 0.29) is 11.8 Å². The van der Waals surface area contributed by atoms with Crippen LogP contribution in [0.2, 0.25) is 6.04 Å². The Hall–Kier alpha value is -0.763. The van der Waals surface area contributed by atoms with Crippen molar-refractivity contribution in [2.24, 2.45) is 0 Å². The molecule has 2 amide bonds. The number of carbonyl (C=O) groups is 2. The van der Waals surface area contributed by atoms with Gasteiger partial charge in [-0.05, 0) is 27.2 Å². The van der Waals surface area contributed by atoms with E-state index in [1.807, 2.05) is 20.8 Å². The third kappa shape index (κ3) is 6.60. The first kappa shape index (κ1) is 19.2. The predicted molar refractivity (Wildman–Crippen MR) is 78.1 cm³/mol. The molecule has 0 N–H and O–H groups in total. The molecular weight excluding hydrogens is 278 g/mol. The minimum atomic E-state index is -2.68. The number of hydrogen-bond donors (Lipinski definition) is 0. The summed E-state index contributed by atoms with van der Waals surface area (Å²) in [4.78, 5) is 23.9. The van der Waals surface area contributed by atoms with Crippen LogP contribution in [0.3, 0.4) is 0 Å². The van der Waals surface area contributed by atoms with E-state index in [1.54, 1.807) is 0 Å². The molecule has 0 heterocycles. The standard InChI is InChI=1S/C13H27NO5Si/c1-6-17-20(18-7-2,19-8-3)11-9-10-14(12(4)15)13(5)16/h6-11H2,1-5H3. The molecule has 0 aliphatic heterocycles. The molecule has 0 atom stereocenters. The summed E-state index contributed by atoms with van der Waals surface area (Å²) in [5.74, 6) is -0.483. The zero-order valence-corrected chi connectivity index (χ0v) is 14.2. The first-order chi connectivity index (χ1) is 9.42. The largest absolute Gasteiger partial charge is 0.500 e. The summed E-state index contributed by atoms with van der Waals surface area (Å²) in [6, 6.07) is 0.597. The number of imide groups is 1. The van der Waals surface area contributed by atoms with Gasteiger partial charge in [-0.2, -0.15) is 0 Å². The lowest BCUT2D eigenvalue weighted by Gasteiger charge is -2.29. The fourth-order valence-corrected chi connectivity index (χ4v) is 4.59. The van der Waals surface area contributed by atoms with Crippen LogP contribution in [-0.2, 0) is 22.9 Å². The number of amides is 2. The van der Waals surface area contributed by atoms with Crippen molar-refractivity contribution in [1.82, 2.24) is 4.90 Å². The van der Waals surface area contributed by atoms with Crippen molar-refractivity contribution < 1.29 is 22.9 Å². The third-order valence-electron chi connectivity index (χ3n) is 2.72. The van der Waals surface area contributed by atoms with Gasteiger partial charge in [0.25, 0.3) is 0 Å². The Labute approximate surface area is 122 Å². The van der Waals surface area contributed by atoms with Gasteiger partial charge in [0.2, 0.25) is 11.8 Å². The van der Waals surface area contributed by atoms with Crippen LogP contribution in [-0.4, -0.2) is 51.9 Å². The zero-order valence-electron chi connectivity index (χ0n) is 13.2. The van der Waals surface area contributed by atoms with Crippen LogP contribution < -0.4 is 0 Å². The summed E-state index contributed by atoms with van der Waals surface area (Å²) in [6.45, 7) is 10.4. The summed E-state index contributed by atoms with van der Waals surface area (Å²) in [5, 5.41) is 0. The molecular formula is C13H27NO5Si. The van der Waals surface area contributed by atoms with Gasteiger partial charge in [-0.25, -0.2) is 0 Å². The van der Waals surface area contributed by atoms with Crippen molar-refractivity contribution in [3.8, 4) is 0 Å². The van der Waals surface area contributed by atoms with Crippen molar-refractivity contribution in [3.63, 3.8) is 0 Å². The van der Waals surface area contributed by atoms with Crippen molar-refractivity contribution >= 4 is 20.6 Å². The summed E-state index contributed by atoms with van der Waals surface area (Å²) in [6.07, 6.45) is 0.616. The number of carbonyl (C=O) groups excluding carboxylic acids is 2. The molecule has 0 rings (SSSR count). The molecule has 0 aliphatic carbocycles. The van der Waals surface area contributed by atoms with Gasteiger partial charge >= 0.3 is 8.80 Å². The van der Waals surface area contributed by atoms with Gasteiger partial charge in [0.1, 0.15) is 0 Å². The molecule has 0 aliphatic rings. The Balaban J connectivity index is 4.58. The Bertz CT molecular complexity index is 280. The first-order valence-corrected chi connectivity index (χ1v) is 9.06. The maximum Gasteiger partial charge on any atom is 0.500 e. The number of rotatable bonds is 10. The van der Waals surface area contributed by atoms with E-state index in [1.165, 1.54) is 18.7 Å². The fraction of sp³-hybridized carbons (Fsp3) is 0.846. The second-order valence-electron chi connectivity index (χ2n) is 4.28. The van der Waals surface area contributed by atoms with Gasteiger partial charge in [0, 0.05) is 46.3 Å². The van der Waals surface area contributed by atoms with Gasteiger partial charge in [-0.3, -0.25) is 14.5 Å². The highest BCUT2D eigenvalue weighted by Gasteiger charge is 2.39. The highest BCUT2D eigenvalue weighted by molar-refractivity contribution is 6.60. The molecule has 0 spiro atoms. The van der Waals surface area contributed by atoms with Crippen molar-refractivity contribution in [3.05, 3.63) is 0 Å². The normalized spacial score (nSPS) is 11.4. The minimum Gasteiger partial charge on any atom is -0.374 e. The quantitative estimate of drug-likeness (QED) is 0.576.